The highest BCUT2D eigenvalue weighted by Crippen LogP contribution is 2.43. The lowest BCUT2D eigenvalue weighted by Crippen LogP contribution is -2.09. The third-order valence-corrected chi connectivity index (χ3v) is 11.2. The van der Waals surface area contributed by atoms with Crippen molar-refractivity contribution in [3.8, 4) is 39.3 Å². The standard InChI is InChI=1S/C53H35N3/c1-4-12-40(13-5-1)53-54-49-18-10-11-19-50(49)56(53)44-30-22-37(23-31-44)46-33-25-39-26-34-47-45(32-24-38-27-35-48(46)52(39)51(38)47)36-20-28-43(29-21-36)55(41-14-6-2-7-15-41)42-16-8-3-9-17-42/h1-35H. The molecule has 0 saturated carbocycles. The van der Waals surface area contributed by atoms with E-state index in [4.69, 9.17) is 4.98 Å². The topological polar surface area (TPSA) is 21.1 Å². The van der Waals surface area contributed by atoms with Crippen LogP contribution in [0.4, 0.5) is 17.1 Å². The highest BCUT2D eigenvalue weighted by molar-refractivity contribution is 6.27. The summed E-state index contributed by atoms with van der Waals surface area (Å²) in [7, 11) is 0. The second-order valence-electron chi connectivity index (χ2n) is 14.4. The molecule has 11 aromatic rings. The predicted octanol–water partition coefficient (Wildman–Crippen LogP) is 14.4. The molecule has 11 rings (SSSR count). The number of rotatable bonds is 7. The molecule has 0 spiro atoms. The predicted molar refractivity (Wildman–Crippen MR) is 236 cm³/mol. The molecule has 0 N–H and O–H groups in total. The Kier molecular flexibility index (Phi) is 7.49. The van der Waals surface area contributed by atoms with Crippen molar-refractivity contribution in [3.05, 3.63) is 212 Å². The molecule has 0 aliphatic rings. The fourth-order valence-electron chi connectivity index (χ4n) is 8.55. The van der Waals surface area contributed by atoms with Crippen molar-refractivity contribution in [2.45, 2.75) is 0 Å². The summed E-state index contributed by atoms with van der Waals surface area (Å²) >= 11 is 0. The summed E-state index contributed by atoms with van der Waals surface area (Å²) in [5.41, 5.74) is 12.5. The van der Waals surface area contributed by atoms with Crippen LogP contribution in [0.1, 0.15) is 0 Å². The van der Waals surface area contributed by atoms with Crippen molar-refractivity contribution in [3.63, 3.8) is 0 Å². The van der Waals surface area contributed by atoms with Crippen LogP contribution >= 0.6 is 0 Å². The Hall–Kier alpha value is -7.49. The first kappa shape index (κ1) is 32.0. The van der Waals surface area contributed by atoms with Crippen molar-refractivity contribution in [2.24, 2.45) is 0 Å². The molecule has 0 unspecified atom stereocenters. The highest BCUT2D eigenvalue weighted by atomic mass is 15.1. The number of anilines is 3. The number of aromatic nitrogens is 2. The fraction of sp³-hybridized carbons (Fsp3) is 0. The van der Waals surface area contributed by atoms with Gasteiger partial charge in [0.2, 0.25) is 0 Å². The zero-order valence-corrected chi connectivity index (χ0v) is 30.5. The van der Waals surface area contributed by atoms with Gasteiger partial charge in [0.05, 0.1) is 11.0 Å². The molecular formula is C53H35N3. The SMILES string of the molecule is c1ccc(-c2nc3ccccc3n2-c2ccc(-c3ccc4ccc5c(-c6ccc(N(c7ccccc7)c7ccccc7)cc6)ccc6ccc3c4c65)cc2)cc1. The average molecular weight is 714 g/mol. The fourth-order valence-corrected chi connectivity index (χ4v) is 8.55. The molecule has 1 aromatic heterocycles. The van der Waals surface area contributed by atoms with E-state index in [1.165, 1.54) is 54.6 Å². The van der Waals surface area contributed by atoms with Gasteiger partial charge in [-0.05, 0) is 115 Å². The Bertz CT molecular complexity index is 3110. The molecule has 0 bridgehead atoms. The van der Waals surface area contributed by atoms with Gasteiger partial charge in [0.15, 0.2) is 0 Å². The van der Waals surface area contributed by atoms with Crippen molar-refractivity contribution in [1.82, 2.24) is 9.55 Å². The van der Waals surface area contributed by atoms with Gasteiger partial charge in [0.1, 0.15) is 5.82 Å². The molecule has 3 nitrogen and oxygen atoms in total. The zero-order valence-electron chi connectivity index (χ0n) is 30.5. The van der Waals surface area contributed by atoms with E-state index in [-0.39, 0.29) is 0 Å². The minimum atomic E-state index is 0.942. The number of para-hydroxylation sites is 4. The van der Waals surface area contributed by atoms with E-state index in [1.54, 1.807) is 0 Å². The van der Waals surface area contributed by atoms with Gasteiger partial charge in [-0.15, -0.1) is 0 Å². The van der Waals surface area contributed by atoms with E-state index in [2.05, 4.69) is 216 Å². The Balaban J connectivity index is 0.998. The largest absolute Gasteiger partial charge is 0.311 e. The maximum atomic E-state index is 5.05. The van der Waals surface area contributed by atoms with Crippen molar-refractivity contribution >= 4 is 60.4 Å². The summed E-state index contributed by atoms with van der Waals surface area (Å²) in [4.78, 5) is 7.36. The highest BCUT2D eigenvalue weighted by Gasteiger charge is 2.18. The molecule has 0 fully saturated rings. The zero-order chi connectivity index (χ0) is 37.0. The van der Waals surface area contributed by atoms with Gasteiger partial charge >= 0.3 is 0 Å². The van der Waals surface area contributed by atoms with Gasteiger partial charge in [-0.1, -0.05) is 152 Å². The Morgan fingerprint density at radius 2 is 0.821 bits per heavy atom. The van der Waals surface area contributed by atoms with Crippen LogP contribution < -0.4 is 4.90 Å². The molecular weight excluding hydrogens is 679 g/mol. The molecule has 10 aromatic carbocycles. The second kappa shape index (κ2) is 13.1. The molecule has 0 radical (unpaired) electrons. The minimum Gasteiger partial charge on any atom is -0.311 e. The molecule has 0 amide bonds. The third kappa shape index (κ3) is 5.25. The lowest BCUT2D eigenvalue weighted by Gasteiger charge is -2.25. The van der Waals surface area contributed by atoms with Gasteiger partial charge in [-0.25, -0.2) is 4.98 Å². The number of imidazole rings is 1. The van der Waals surface area contributed by atoms with E-state index in [9.17, 15) is 0 Å². The van der Waals surface area contributed by atoms with Gasteiger partial charge in [0.25, 0.3) is 0 Å². The maximum Gasteiger partial charge on any atom is 0.145 e. The average Bonchev–Trinajstić information content (AvgIpc) is 3.67. The molecule has 3 heteroatoms. The summed E-state index contributed by atoms with van der Waals surface area (Å²) in [5.74, 6) is 0.942. The van der Waals surface area contributed by atoms with Crippen LogP contribution in [0.15, 0.2) is 212 Å². The summed E-state index contributed by atoms with van der Waals surface area (Å²) in [6.45, 7) is 0. The van der Waals surface area contributed by atoms with Gasteiger partial charge < -0.3 is 4.90 Å². The Labute approximate surface area is 325 Å². The summed E-state index contributed by atoms with van der Waals surface area (Å²) in [5, 5.41) is 7.67. The van der Waals surface area contributed by atoms with E-state index >= 15 is 0 Å². The number of nitrogens with zero attached hydrogens (tertiary/aromatic N) is 3. The van der Waals surface area contributed by atoms with Crippen LogP contribution in [0.5, 0.6) is 0 Å². The van der Waals surface area contributed by atoms with E-state index in [1.807, 2.05) is 6.07 Å². The quantitative estimate of drug-likeness (QED) is 0.153. The summed E-state index contributed by atoms with van der Waals surface area (Å²) < 4.78 is 2.27. The van der Waals surface area contributed by atoms with E-state index in [0.29, 0.717) is 0 Å². The summed E-state index contributed by atoms with van der Waals surface area (Å²) in [6, 6.07) is 76.3. The summed E-state index contributed by atoms with van der Waals surface area (Å²) in [6.07, 6.45) is 0. The number of benzene rings is 10. The maximum absolute atomic E-state index is 5.05. The molecule has 56 heavy (non-hydrogen) atoms. The lowest BCUT2D eigenvalue weighted by atomic mass is 9.87. The van der Waals surface area contributed by atoms with Crippen LogP contribution in [0.3, 0.4) is 0 Å². The first-order valence-electron chi connectivity index (χ1n) is 19.1. The van der Waals surface area contributed by atoms with Crippen LogP contribution in [0.25, 0.3) is 82.7 Å². The van der Waals surface area contributed by atoms with Crippen molar-refractivity contribution in [1.29, 1.82) is 0 Å². The molecule has 0 atom stereocenters. The monoisotopic (exact) mass is 713 g/mol. The second-order valence-corrected chi connectivity index (χ2v) is 14.4. The molecule has 0 saturated heterocycles. The number of hydrogen-bond donors (Lipinski definition) is 0. The van der Waals surface area contributed by atoms with E-state index in [0.717, 1.165) is 45.2 Å². The first-order chi connectivity index (χ1) is 27.8. The minimum absolute atomic E-state index is 0.942. The van der Waals surface area contributed by atoms with Crippen LogP contribution in [0.2, 0.25) is 0 Å². The normalized spacial score (nSPS) is 11.6. The van der Waals surface area contributed by atoms with Crippen molar-refractivity contribution in [2.75, 3.05) is 4.90 Å². The smallest absolute Gasteiger partial charge is 0.145 e. The van der Waals surface area contributed by atoms with Crippen molar-refractivity contribution < 1.29 is 0 Å². The molecule has 0 aliphatic carbocycles. The molecule has 1 heterocycles. The first-order valence-corrected chi connectivity index (χ1v) is 19.1. The van der Waals surface area contributed by atoms with Gasteiger partial charge in [-0.3, -0.25) is 4.57 Å². The van der Waals surface area contributed by atoms with Crippen LogP contribution in [0, 0.1) is 0 Å². The van der Waals surface area contributed by atoms with Gasteiger partial charge in [0, 0.05) is 28.3 Å². The third-order valence-electron chi connectivity index (χ3n) is 11.2. The number of fused-ring (bicyclic) bond motifs is 1. The lowest BCUT2D eigenvalue weighted by molar-refractivity contribution is 1.10. The number of hydrogen-bond acceptors (Lipinski definition) is 2. The van der Waals surface area contributed by atoms with Crippen LogP contribution in [-0.2, 0) is 0 Å². The van der Waals surface area contributed by atoms with Crippen LogP contribution in [-0.4, -0.2) is 9.55 Å². The molecule has 262 valence electrons. The Morgan fingerprint density at radius 3 is 1.39 bits per heavy atom. The molecule has 0 aliphatic heterocycles. The van der Waals surface area contributed by atoms with E-state index < -0.39 is 0 Å². The Morgan fingerprint density at radius 1 is 0.357 bits per heavy atom. The van der Waals surface area contributed by atoms with Gasteiger partial charge in [-0.2, -0.15) is 0 Å².